The Morgan fingerprint density at radius 2 is 1.79 bits per heavy atom. The molecule has 4 rings (SSSR count). The van der Waals surface area contributed by atoms with E-state index in [1.54, 1.807) is 16.5 Å². The summed E-state index contributed by atoms with van der Waals surface area (Å²) in [5.74, 6) is 0.201. The number of halogens is 1. The number of hydrogen-bond donors (Lipinski definition) is 0. The Balaban J connectivity index is 1.56. The molecule has 2 fully saturated rings. The fraction of sp³-hybridized carbons (Fsp3) is 0.500. The molecule has 10 heteroatoms. The topological polar surface area (TPSA) is 88.4 Å². The van der Waals surface area contributed by atoms with Crippen LogP contribution in [0.25, 0.3) is 5.69 Å². The van der Waals surface area contributed by atoms with Crippen LogP contribution in [0.15, 0.2) is 28.7 Å². The quantitative estimate of drug-likeness (QED) is 0.670. The molecule has 8 nitrogen and oxygen atoms in total. The van der Waals surface area contributed by atoms with Gasteiger partial charge < -0.3 is 4.90 Å². The van der Waals surface area contributed by atoms with E-state index in [0.29, 0.717) is 37.8 Å². The lowest BCUT2D eigenvalue weighted by Gasteiger charge is -2.33. The van der Waals surface area contributed by atoms with Crippen molar-refractivity contribution >= 4 is 31.9 Å². The highest BCUT2D eigenvalue weighted by Gasteiger charge is 2.37. The van der Waals surface area contributed by atoms with Crippen LogP contribution in [0.5, 0.6) is 0 Å². The number of amides is 1. The SMILES string of the molecule is CCS(=O)(=O)N1CCN(C(=O)c2nnn(-c3ccc(Br)cc3)c2C2CC2)CC1. The van der Waals surface area contributed by atoms with E-state index in [1.807, 2.05) is 24.3 Å². The molecule has 1 aliphatic heterocycles. The van der Waals surface area contributed by atoms with Gasteiger partial charge in [0.1, 0.15) is 0 Å². The van der Waals surface area contributed by atoms with Gasteiger partial charge in [-0.05, 0) is 44.0 Å². The lowest BCUT2D eigenvalue weighted by Crippen LogP contribution is -2.51. The van der Waals surface area contributed by atoms with Gasteiger partial charge in [0.2, 0.25) is 10.0 Å². The van der Waals surface area contributed by atoms with Crippen molar-refractivity contribution in [1.82, 2.24) is 24.2 Å². The van der Waals surface area contributed by atoms with E-state index in [9.17, 15) is 13.2 Å². The van der Waals surface area contributed by atoms with E-state index in [-0.39, 0.29) is 11.7 Å². The molecule has 0 bridgehead atoms. The third kappa shape index (κ3) is 3.72. The van der Waals surface area contributed by atoms with Crippen LogP contribution in [0.3, 0.4) is 0 Å². The first-order valence-corrected chi connectivity index (χ1v) is 11.8. The summed E-state index contributed by atoms with van der Waals surface area (Å²) in [5, 5.41) is 8.47. The van der Waals surface area contributed by atoms with Crippen molar-refractivity contribution in [3.63, 3.8) is 0 Å². The lowest BCUT2D eigenvalue weighted by molar-refractivity contribution is 0.0690. The minimum absolute atomic E-state index is 0.0777. The molecule has 1 aromatic carbocycles. The zero-order valence-corrected chi connectivity index (χ0v) is 18.0. The van der Waals surface area contributed by atoms with Crippen molar-refractivity contribution in [2.45, 2.75) is 25.7 Å². The molecule has 1 aliphatic carbocycles. The highest BCUT2D eigenvalue weighted by atomic mass is 79.9. The molecule has 2 aliphatic rings. The fourth-order valence-corrected chi connectivity index (χ4v) is 4.79. The van der Waals surface area contributed by atoms with Gasteiger partial charge in [0, 0.05) is 36.6 Å². The van der Waals surface area contributed by atoms with Crippen LogP contribution in [0, 0.1) is 0 Å². The highest BCUT2D eigenvalue weighted by molar-refractivity contribution is 9.10. The molecular weight excluding hydrogens is 446 g/mol. The van der Waals surface area contributed by atoms with Gasteiger partial charge in [-0.3, -0.25) is 4.79 Å². The van der Waals surface area contributed by atoms with Gasteiger partial charge >= 0.3 is 0 Å². The van der Waals surface area contributed by atoms with Crippen molar-refractivity contribution in [2.75, 3.05) is 31.9 Å². The normalized spacial score (nSPS) is 18.4. The smallest absolute Gasteiger partial charge is 0.276 e. The molecule has 1 saturated heterocycles. The van der Waals surface area contributed by atoms with Gasteiger partial charge in [-0.25, -0.2) is 13.1 Å². The third-order valence-electron chi connectivity index (χ3n) is 5.23. The Morgan fingerprint density at radius 3 is 2.36 bits per heavy atom. The van der Waals surface area contributed by atoms with Crippen LogP contribution in [-0.2, 0) is 10.0 Å². The number of carbonyl (C=O) groups is 1. The molecule has 1 saturated carbocycles. The van der Waals surface area contributed by atoms with Crippen LogP contribution < -0.4 is 0 Å². The number of benzene rings is 1. The second-order valence-corrected chi connectivity index (χ2v) is 10.3. The molecule has 2 aromatic rings. The number of nitrogens with zero attached hydrogens (tertiary/aromatic N) is 5. The Bertz CT molecular complexity index is 977. The summed E-state index contributed by atoms with van der Waals surface area (Å²) in [6, 6.07) is 7.74. The summed E-state index contributed by atoms with van der Waals surface area (Å²) in [5.41, 5.74) is 2.11. The van der Waals surface area contributed by atoms with Gasteiger partial charge in [-0.15, -0.1) is 5.10 Å². The first kappa shape index (κ1) is 19.5. The van der Waals surface area contributed by atoms with E-state index in [4.69, 9.17) is 0 Å². The van der Waals surface area contributed by atoms with Gasteiger partial charge in [0.25, 0.3) is 5.91 Å². The van der Waals surface area contributed by atoms with Crippen molar-refractivity contribution in [1.29, 1.82) is 0 Å². The van der Waals surface area contributed by atoms with E-state index in [2.05, 4.69) is 26.2 Å². The number of piperazine rings is 1. The zero-order valence-electron chi connectivity index (χ0n) is 15.6. The molecule has 0 unspecified atom stereocenters. The maximum Gasteiger partial charge on any atom is 0.276 e. The van der Waals surface area contributed by atoms with Gasteiger partial charge in [0.15, 0.2) is 5.69 Å². The van der Waals surface area contributed by atoms with Gasteiger partial charge in [-0.1, -0.05) is 21.1 Å². The minimum atomic E-state index is -3.22. The molecule has 0 atom stereocenters. The lowest BCUT2D eigenvalue weighted by atomic mass is 10.2. The summed E-state index contributed by atoms with van der Waals surface area (Å²) in [7, 11) is -3.22. The van der Waals surface area contributed by atoms with Gasteiger partial charge in [0.05, 0.1) is 17.1 Å². The van der Waals surface area contributed by atoms with Crippen LogP contribution in [-0.4, -0.2) is 70.5 Å². The van der Waals surface area contributed by atoms with Crippen LogP contribution >= 0.6 is 15.9 Å². The predicted molar refractivity (Wildman–Crippen MR) is 108 cm³/mol. The number of carbonyl (C=O) groups excluding carboxylic acids is 1. The second kappa shape index (κ2) is 7.57. The molecular formula is C18H22BrN5O3S. The average molecular weight is 468 g/mol. The third-order valence-corrected chi connectivity index (χ3v) is 7.64. The maximum atomic E-state index is 13.1. The molecule has 150 valence electrons. The Kier molecular flexibility index (Phi) is 5.28. The van der Waals surface area contributed by atoms with Crippen molar-refractivity contribution < 1.29 is 13.2 Å². The standard InChI is InChI=1S/C18H22BrN5O3S/c1-2-28(26,27)23-11-9-22(10-12-23)18(25)16-17(13-3-4-13)24(21-20-16)15-7-5-14(19)6-8-15/h5-8,13H,2-4,9-12H2,1H3. The molecule has 1 aromatic heterocycles. The average Bonchev–Trinajstić information content (AvgIpc) is 3.46. The van der Waals surface area contributed by atoms with Gasteiger partial charge in [-0.2, -0.15) is 4.31 Å². The first-order valence-electron chi connectivity index (χ1n) is 9.39. The van der Waals surface area contributed by atoms with E-state index >= 15 is 0 Å². The van der Waals surface area contributed by atoms with Crippen LogP contribution in [0.1, 0.15) is 41.9 Å². The summed E-state index contributed by atoms with van der Waals surface area (Å²) < 4.78 is 28.2. The number of hydrogen-bond acceptors (Lipinski definition) is 5. The van der Waals surface area contributed by atoms with Crippen LogP contribution in [0.2, 0.25) is 0 Å². The molecule has 2 heterocycles. The van der Waals surface area contributed by atoms with Crippen molar-refractivity contribution in [2.24, 2.45) is 0 Å². The number of aromatic nitrogens is 3. The fourth-order valence-electron chi connectivity index (χ4n) is 3.44. The monoisotopic (exact) mass is 467 g/mol. The largest absolute Gasteiger partial charge is 0.335 e. The van der Waals surface area contributed by atoms with Crippen molar-refractivity contribution in [3.05, 3.63) is 40.1 Å². The summed E-state index contributed by atoms with van der Waals surface area (Å²) in [6.45, 7) is 3.01. The van der Waals surface area contributed by atoms with Crippen molar-refractivity contribution in [3.8, 4) is 5.69 Å². The maximum absolute atomic E-state index is 13.1. The Labute approximate surface area is 172 Å². The van der Waals surface area contributed by atoms with E-state index in [0.717, 1.165) is 28.7 Å². The van der Waals surface area contributed by atoms with E-state index in [1.165, 1.54) is 4.31 Å². The number of sulfonamides is 1. The Hall–Kier alpha value is -1.78. The summed E-state index contributed by atoms with van der Waals surface area (Å²) in [4.78, 5) is 14.8. The Morgan fingerprint density at radius 1 is 1.14 bits per heavy atom. The minimum Gasteiger partial charge on any atom is -0.335 e. The predicted octanol–water partition coefficient (Wildman–Crippen LogP) is 2.01. The molecule has 0 N–H and O–H groups in total. The zero-order chi connectivity index (χ0) is 19.9. The molecule has 0 spiro atoms. The van der Waals surface area contributed by atoms with E-state index < -0.39 is 10.0 Å². The second-order valence-electron chi connectivity index (χ2n) is 7.08. The summed E-state index contributed by atoms with van der Waals surface area (Å²) in [6.07, 6.45) is 2.04. The molecule has 1 amide bonds. The molecule has 28 heavy (non-hydrogen) atoms. The summed E-state index contributed by atoms with van der Waals surface area (Å²) >= 11 is 3.43. The van der Waals surface area contributed by atoms with Crippen LogP contribution in [0.4, 0.5) is 0 Å². The molecule has 0 radical (unpaired) electrons. The first-order chi connectivity index (χ1) is 13.4. The number of rotatable bonds is 5. The highest BCUT2D eigenvalue weighted by Crippen LogP contribution is 2.42.